The highest BCUT2D eigenvalue weighted by molar-refractivity contribution is 6.13. The number of carbonyl (C=O) groups excluding carboxylic acids is 2. The molecular weight excluding hydrogens is 333 g/mol. The summed E-state index contributed by atoms with van der Waals surface area (Å²) in [5.41, 5.74) is -1.58. The molecule has 0 atom stereocenters. The number of halogens is 3. The summed E-state index contributed by atoms with van der Waals surface area (Å²) in [4.78, 5) is 27.0. The Labute approximate surface area is 145 Å². The lowest BCUT2D eigenvalue weighted by atomic mass is 10.0. The van der Waals surface area contributed by atoms with Crippen LogP contribution in [-0.2, 0) is 15.8 Å². The average Bonchev–Trinajstić information content (AvgIpc) is 3.35. The van der Waals surface area contributed by atoms with E-state index >= 15 is 0 Å². The number of nitrogens with one attached hydrogen (secondary N) is 1. The Bertz CT molecular complexity index is 616. The Morgan fingerprint density at radius 1 is 1.08 bits per heavy atom. The third-order valence-corrected chi connectivity index (χ3v) is 4.34. The molecule has 2 rings (SSSR count). The summed E-state index contributed by atoms with van der Waals surface area (Å²) >= 11 is 0. The van der Waals surface area contributed by atoms with Gasteiger partial charge < -0.3 is 10.2 Å². The molecule has 0 saturated heterocycles. The van der Waals surface area contributed by atoms with Crippen LogP contribution in [0.2, 0.25) is 0 Å². The first-order valence-electron chi connectivity index (χ1n) is 8.52. The number of hydrogen-bond acceptors (Lipinski definition) is 2. The van der Waals surface area contributed by atoms with Gasteiger partial charge in [0.1, 0.15) is 5.41 Å². The second-order valence-corrected chi connectivity index (χ2v) is 6.40. The molecule has 0 bridgehead atoms. The van der Waals surface area contributed by atoms with Crippen molar-refractivity contribution >= 4 is 17.5 Å². The molecule has 1 aromatic carbocycles. The summed E-state index contributed by atoms with van der Waals surface area (Å²) in [5.74, 6) is -0.616. The molecule has 4 nitrogen and oxygen atoms in total. The number of rotatable bonds is 7. The van der Waals surface area contributed by atoms with Gasteiger partial charge in [0.25, 0.3) is 0 Å². The second-order valence-electron chi connectivity index (χ2n) is 6.40. The molecule has 1 aliphatic carbocycles. The SMILES string of the molecule is CCCN(CCC)C(=O)C1(C(=O)Nc2ccc(C(F)(F)F)cc2)CC1. The van der Waals surface area contributed by atoms with E-state index in [1.165, 1.54) is 12.1 Å². The van der Waals surface area contributed by atoms with E-state index in [0.29, 0.717) is 25.9 Å². The van der Waals surface area contributed by atoms with Crippen molar-refractivity contribution in [3.63, 3.8) is 0 Å². The summed E-state index contributed by atoms with van der Waals surface area (Å²) in [6.45, 7) is 5.14. The smallest absolute Gasteiger partial charge is 0.342 e. The van der Waals surface area contributed by atoms with Crippen LogP contribution in [0.5, 0.6) is 0 Å². The van der Waals surface area contributed by atoms with Crippen molar-refractivity contribution in [1.82, 2.24) is 4.90 Å². The van der Waals surface area contributed by atoms with Gasteiger partial charge in [-0.25, -0.2) is 0 Å². The maximum absolute atomic E-state index is 12.7. The molecule has 2 amide bonds. The van der Waals surface area contributed by atoms with Crippen LogP contribution >= 0.6 is 0 Å². The van der Waals surface area contributed by atoms with Crippen LogP contribution in [0, 0.1) is 5.41 Å². The zero-order valence-electron chi connectivity index (χ0n) is 14.4. The summed E-state index contributed by atoms with van der Waals surface area (Å²) < 4.78 is 37.8. The summed E-state index contributed by atoms with van der Waals surface area (Å²) in [5, 5.41) is 2.59. The van der Waals surface area contributed by atoms with Gasteiger partial charge in [0.2, 0.25) is 11.8 Å². The molecule has 1 aliphatic rings. The molecule has 0 aliphatic heterocycles. The number of benzene rings is 1. The highest BCUT2D eigenvalue weighted by Gasteiger charge is 2.57. The third kappa shape index (κ3) is 4.32. The number of anilines is 1. The number of amides is 2. The van der Waals surface area contributed by atoms with Crippen molar-refractivity contribution in [2.24, 2.45) is 5.41 Å². The summed E-state index contributed by atoms with van der Waals surface area (Å²) in [7, 11) is 0. The molecule has 7 heteroatoms. The van der Waals surface area contributed by atoms with Crippen LogP contribution in [0.1, 0.15) is 45.1 Å². The van der Waals surface area contributed by atoms with Crippen molar-refractivity contribution in [3.05, 3.63) is 29.8 Å². The highest BCUT2D eigenvalue weighted by Crippen LogP contribution is 2.48. The Morgan fingerprint density at radius 3 is 2.00 bits per heavy atom. The predicted molar refractivity (Wildman–Crippen MR) is 88.9 cm³/mol. The van der Waals surface area contributed by atoms with Gasteiger partial charge in [-0.15, -0.1) is 0 Å². The van der Waals surface area contributed by atoms with E-state index in [1.807, 2.05) is 13.8 Å². The molecule has 1 aromatic rings. The Hall–Kier alpha value is -2.05. The van der Waals surface area contributed by atoms with Gasteiger partial charge in [-0.05, 0) is 49.9 Å². The molecule has 1 saturated carbocycles. The van der Waals surface area contributed by atoms with Gasteiger partial charge in [0.05, 0.1) is 5.56 Å². The zero-order chi connectivity index (χ0) is 18.7. The third-order valence-electron chi connectivity index (χ3n) is 4.34. The number of hydrogen-bond donors (Lipinski definition) is 1. The van der Waals surface area contributed by atoms with Crippen molar-refractivity contribution in [3.8, 4) is 0 Å². The van der Waals surface area contributed by atoms with E-state index in [1.54, 1.807) is 4.90 Å². The lowest BCUT2D eigenvalue weighted by Crippen LogP contribution is -2.43. The number of nitrogens with zero attached hydrogens (tertiary/aromatic N) is 1. The Kier molecular flexibility index (Phi) is 5.75. The second kappa shape index (κ2) is 7.45. The van der Waals surface area contributed by atoms with E-state index in [4.69, 9.17) is 0 Å². The first-order chi connectivity index (χ1) is 11.7. The first kappa shape index (κ1) is 19.3. The average molecular weight is 356 g/mol. The van der Waals surface area contributed by atoms with Gasteiger partial charge in [-0.3, -0.25) is 9.59 Å². The van der Waals surface area contributed by atoms with Gasteiger partial charge in [-0.2, -0.15) is 13.2 Å². The van der Waals surface area contributed by atoms with Crippen LogP contribution in [0.25, 0.3) is 0 Å². The lowest BCUT2D eigenvalue weighted by Gasteiger charge is -2.26. The Morgan fingerprint density at radius 2 is 1.60 bits per heavy atom. The standard InChI is InChI=1S/C18H23F3N2O2/c1-3-11-23(12-4-2)16(25)17(9-10-17)15(24)22-14-7-5-13(6-8-14)18(19,20)21/h5-8H,3-4,9-12H2,1-2H3,(H,22,24). The highest BCUT2D eigenvalue weighted by atomic mass is 19.4. The van der Waals surface area contributed by atoms with Crippen LogP contribution in [0.3, 0.4) is 0 Å². The van der Waals surface area contributed by atoms with Crippen LogP contribution < -0.4 is 5.32 Å². The number of alkyl halides is 3. The summed E-state index contributed by atoms with van der Waals surface area (Å²) in [6, 6.07) is 4.24. The molecular formula is C18H23F3N2O2. The van der Waals surface area contributed by atoms with Gasteiger partial charge in [-0.1, -0.05) is 13.8 Å². The van der Waals surface area contributed by atoms with E-state index < -0.39 is 23.1 Å². The van der Waals surface area contributed by atoms with E-state index in [2.05, 4.69) is 5.32 Å². The molecule has 1 N–H and O–H groups in total. The van der Waals surface area contributed by atoms with E-state index in [9.17, 15) is 22.8 Å². The first-order valence-corrected chi connectivity index (χ1v) is 8.52. The van der Waals surface area contributed by atoms with E-state index in [0.717, 1.165) is 25.0 Å². The monoisotopic (exact) mass is 356 g/mol. The molecule has 0 heterocycles. The minimum atomic E-state index is -4.42. The molecule has 0 radical (unpaired) electrons. The minimum absolute atomic E-state index is 0.180. The molecule has 1 fully saturated rings. The molecule has 25 heavy (non-hydrogen) atoms. The molecule has 138 valence electrons. The maximum atomic E-state index is 12.7. The fourth-order valence-corrected chi connectivity index (χ4v) is 2.81. The van der Waals surface area contributed by atoms with Gasteiger partial charge in [0, 0.05) is 18.8 Å². The van der Waals surface area contributed by atoms with Crippen molar-refractivity contribution in [2.45, 2.75) is 45.7 Å². The van der Waals surface area contributed by atoms with Crippen LogP contribution in [0.4, 0.5) is 18.9 Å². The van der Waals surface area contributed by atoms with Gasteiger partial charge >= 0.3 is 6.18 Å². The summed E-state index contributed by atoms with van der Waals surface area (Å²) in [6.07, 6.45) is -1.85. The normalized spacial score (nSPS) is 15.6. The van der Waals surface area contributed by atoms with Gasteiger partial charge in [0.15, 0.2) is 0 Å². The topological polar surface area (TPSA) is 49.4 Å². The lowest BCUT2D eigenvalue weighted by molar-refractivity contribution is -0.142. The number of carbonyl (C=O) groups is 2. The van der Waals surface area contributed by atoms with Crippen LogP contribution in [0.15, 0.2) is 24.3 Å². The fourth-order valence-electron chi connectivity index (χ4n) is 2.81. The maximum Gasteiger partial charge on any atom is 0.416 e. The molecule has 0 unspecified atom stereocenters. The van der Waals surface area contributed by atoms with E-state index in [-0.39, 0.29) is 11.6 Å². The predicted octanol–water partition coefficient (Wildman–Crippen LogP) is 4.07. The minimum Gasteiger partial charge on any atom is -0.342 e. The molecule has 0 spiro atoms. The van der Waals surface area contributed by atoms with Crippen molar-refractivity contribution in [1.29, 1.82) is 0 Å². The van der Waals surface area contributed by atoms with Crippen molar-refractivity contribution < 1.29 is 22.8 Å². The van der Waals surface area contributed by atoms with Crippen molar-refractivity contribution in [2.75, 3.05) is 18.4 Å². The zero-order valence-corrected chi connectivity index (χ0v) is 14.4. The fraction of sp³-hybridized carbons (Fsp3) is 0.556. The quantitative estimate of drug-likeness (QED) is 0.749. The van der Waals surface area contributed by atoms with Crippen LogP contribution in [-0.4, -0.2) is 29.8 Å². The largest absolute Gasteiger partial charge is 0.416 e. The Balaban J connectivity index is 2.08. The molecule has 0 aromatic heterocycles.